The van der Waals surface area contributed by atoms with Crippen molar-refractivity contribution in [3.63, 3.8) is 0 Å². The average molecular weight is 445 g/mol. The second-order valence-corrected chi connectivity index (χ2v) is 8.27. The first-order valence-corrected chi connectivity index (χ1v) is 11.5. The highest BCUT2D eigenvalue weighted by molar-refractivity contribution is 7.07. The van der Waals surface area contributed by atoms with Crippen LogP contribution < -0.4 is 9.70 Å². The van der Waals surface area contributed by atoms with Crippen molar-refractivity contribution in [2.45, 2.75) is 6.54 Å². The van der Waals surface area contributed by atoms with Crippen LogP contribution in [-0.4, -0.2) is 37.2 Å². The van der Waals surface area contributed by atoms with Gasteiger partial charge in [0.1, 0.15) is 5.69 Å². The van der Waals surface area contributed by atoms with Crippen molar-refractivity contribution >= 4 is 23.2 Å². The maximum absolute atomic E-state index is 5.63. The van der Waals surface area contributed by atoms with E-state index in [0.29, 0.717) is 6.54 Å². The zero-order valence-electron chi connectivity index (χ0n) is 17.6. The molecule has 32 heavy (non-hydrogen) atoms. The maximum Gasteiger partial charge on any atom is 0.206 e. The van der Waals surface area contributed by atoms with Gasteiger partial charge in [-0.05, 0) is 35.4 Å². The molecule has 0 spiro atoms. The molecule has 0 N–H and O–H groups in total. The molecule has 0 atom stereocenters. The van der Waals surface area contributed by atoms with Crippen LogP contribution in [0.4, 0.5) is 5.69 Å². The first-order valence-electron chi connectivity index (χ1n) is 10.6. The number of anilines is 1. The average Bonchev–Trinajstić information content (AvgIpc) is 3.53. The summed E-state index contributed by atoms with van der Waals surface area (Å²) in [5, 5.41) is 6.79. The Bertz CT molecular complexity index is 1220. The molecule has 0 aliphatic carbocycles. The predicted molar refractivity (Wildman–Crippen MR) is 128 cm³/mol. The van der Waals surface area contributed by atoms with Crippen LogP contribution in [0.1, 0.15) is 11.1 Å². The summed E-state index contributed by atoms with van der Waals surface area (Å²) in [5.41, 5.74) is 4.28. The summed E-state index contributed by atoms with van der Waals surface area (Å²) >= 11 is 1.55. The third-order valence-corrected chi connectivity index (χ3v) is 6.14. The van der Waals surface area contributed by atoms with E-state index >= 15 is 0 Å². The van der Waals surface area contributed by atoms with Crippen molar-refractivity contribution < 1.29 is 9.15 Å². The molecule has 0 amide bonds. The molecule has 4 aromatic rings. The number of hydrogen-bond acceptors (Lipinski definition) is 6. The van der Waals surface area contributed by atoms with E-state index < -0.39 is 0 Å². The van der Waals surface area contributed by atoms with E-state index in [1.165, 1.54) is 5.69 Å². The summed E-state index contributed by atoms with van der Waals surface area (Å²) in [6, 6.07) is 22.5. The van der Waals surface area contributed by atoms with E-state index in [2.05, 4.69) is 41.3 Å². The molecule has 162 valence electrons. The minimum Gasteiger partial charge on any atom is -0.463 e. The molecule has 1 fully saturated rings. The fourth-order valence-corrected chi connectivity index (χ4v) is 4.39. The van der Waals surface area contributed by atoms with Gasteiger partial charge in [-0.1, -0.05) is 42.5 Å². The van der Waals surface area contributed by atoms with E-state index in [9.17, 15) is 0 Å². The molecule has 3 heterocycles. The van der Waals surface area contributed by atoms with Crippen LogP contribution in [0.3, 0.4) is 0 Å². The van der Waals surface area contributed by atoms with E-state index in [1.54, 1.807) is 17.6 Å². The fraction of sp³-hybridized carbons (Fsp3) is 0.200. The number of aromatic nitrogens is 1. The van der Waals surface area contributed by atoms with Crippen LogP contribution in [0.25, 0.3) is 11.5 Å². The first kappa shape index (κ1) is 20.5. The molecule has 7 heteroatoms. The number of morpholine rings is 1. The van der Waals surface area contributed by atoms with Crippen LogP contribution in [0.15, 0.2) is 92.9 Å². The normalized spacial score (nSPS) is 15.0. The van der Waals surface area contributed by atoms with Crippen molar-refractivity contribution in [2.75, 3.05) is 31.2 Å². The van der Waals surface area contributed by atoms with Crippen molar-refractivity contribution in [2.24, 2.45) is 10.1 Å². The number of nitrogens with zero attached hydrogens (tertiary/aromatic N) is 4. The van der Waals surface area contributed by atoms with Gasteiger partial charge in [0.15, 0.2) is 5.76 Å². The Morgan fingerprint density at radius 2 is 1.75 bits per heavy atom. The molecule has 6 nitrogen and oxygen atoms in total. The topological polar surface area (TPSA) is 55.3 Å². The summed E-state index contributed by atoms with van der Waals surface area (Å²) in [7, 11) is 0. The minimum atomic E-state index is 0.600. The molecule has 1 aliphatic rings. The molecule has 2 aromatic heterocycles. The molecule has 0 unspecified atom stereocenters. The molecule has 0 bridgehead atoms. The Morgan fingerprint density at radius 3 is 2.50 bits per heavy atom. The number of hydrogen-bond donors (Lipinski definition) is 0. The third kappa shape index (κ3) is 4.74. The molecule has 5 rings (SSSR count). The number of benzene rings is 2. The van der Waals surface area contributed by atoms with Gasteiger partial charge >= 0.3 is 0 Å². The molecular weight excluding hydrogens is 420 g/mol. The van der Waals surface area contributed by atoms with Gasteiger partial charge in [-0.25, -0.2) is 4.68 Å². The summed E-state index contributed by atoms with van der Waals surface area (Å²) in [6.07, 6.45) is 3.54. The van der Waals surface area contributed by atoms with Gasteiger partial charge in [0.2, 0.25) is 4.80 Å². The van der Waals surface area contributed by atoms with Crippen molar-refractivity contribution in [1.29, 1.82) is 0 Å². The van der Waals surface area contributed by atoms with E-state index in [4.69, 9.17) is 19.2 Å². The number of thiazole rings is 1. The molecule has 1 saturated heterocycles. The first-order chi connectivity index (χ1) is 15.9. The van der Waals surface area contributed by atoms with Crippen molar-refractivity contribution in [3.05, 3.63) is 94.3 Å². The quantitative estimate of drug-likeness (QED) is 0.408. The van der Waals surface area contributed by atoms with Gasteiger partial charge in [-0.3, -0.25) is 4.99 Å². The minimum absolute atomic E-state index is 0.600. The van der Waals surface area contributed by atoms with Crippen molar-refractivity contribution in [3.8, 4) is 11.5 Å². The van der Waals surface area contributed by atoms with Crippen LogP contribution in [0.5, 0.6) is 0 Å². The molecule has 2 aromatic carbocycles. The lowest BCUT2D eigenvalue weighted by molar-refractivity contribution is 0.122. The van der Waals surface area contributed by atoms with Crippen LogP contribution >= 0.6 is 11.3 Å². The zero-order valence-corrected chi connectivity index (χ0v) is 18.4. The molecule has 1 aliphatic heterocycles. The largest absolute Gasteiger partial charge is 0.463 e. The number of ether oxygens (including phenoxy) is 1. The van der Waals surface area contributed by atoms with Crippen LogP contribution in [0, 0.1) is 0 Å². The molecular formula is C25H24N4O2S. The smallest absolute Gasteiger partial charge is 0.206 e. The maximum atomic E-state index is 5.63. The highest BCUT2D eigenvalue weighted by atomic mass is 32.1. The summed E-state index contributed by atoms with van der Waals surface area (Å²) in [5.74, 6) is 0.766. The predicted octanol–water partition coefficient (Wildman–Crippen LogP) is 4.63. The highest BCUT2D eigenvalue weighted by Gasteiger charge is 2.11. The summed E-state index contributed by atoms with van der Waals surface area (Å²) in [6.45, 7) is 4.02. The standard InChI is InChI=1S/C25H24N4O2S/c1-2-5-20(6-3-1)17-26-25-29(23(19-32-25)24-7-4-14-31-24)27-18-21-8-10-22(11-9-21)28-12-15-30-16-13-28/h1-11,14,18-19H,12-13,15-17H2. The number of furan rings is 1. The van der Waals surface area contributed by atoms with Crippen LogP contribution in [-0.2, 0) is 11.3 Å². The van der Waals surface area contributed by atoms with Crippen molar-refractivity contribution in [1.82, 2.24) is 4.68 Å². The lowest BCUT2D eigenvalue weighted by Gasteiger charge is -2.28. The molecule has 0 saturated carbocycles. The SMILES string of the molecule is C(=Nn1c(-c2ccco2)csc1=NCc1ccccc1)c1ccc(N2CCOCC2)cc1. The Morgan fingerprint density at radius 1 is 0.938 bits per heavy atom. The van der Waals surface area contributed by atoms with E-state index in [0.717, 1.165) is 53.7 Å². The van der Waals surface area contributed by atoms with Gasteiger partial charge in [0.25, 0.3) is 0 Å². The second kappa shape index (κ2) is 9.80. The van der Waals surface area contributed by atoms with Gasteiger partial charge < -0.3 is 14.1 Å². The highest BCUT2D eigenvalue weighted by Crippen LogP contribution is 2.21. The third-order valence-electron chi connectivity index (χ3n) is 5.29. The Kier molecular flexibility index (Phi) is 6.28. The lowest BCUT2D eigenvalue weighted by atomic mass is 10.2. The Balaban J connectivity index is 1.42. The Hall–Kier alpha value is -3.42. The summed E-state index contributed by atoms with van der Waals surface area (Å²) in [4.78, 5) is 7.96. The van der Waals surface area contributed by atoms with E-state index in [-0.39, 0.29) is 0 Å². The lowest BCUT2D eigenvalue weighted by Crippen LogP contribution is -2.36. The molecule has 0 radical (unpaired) electrons. The monoisotopic (exact) mass is 444 g/mol. The van der Waals surface area contributed by atoms with Gasteiger partial charge in [0.05, 0.1) is 32.2 Å². The fourth-order valence-electron chi connectivity index (χ4n) is 3.57. The van der Waals surface area contributed by atoms with Crippen LogP contribution in [0.2, 0.25) is 0 Å². The number of rotatable bonds is 6. The second-order valence-electron chi connectivity index (χ2n) is 7.43. The summed E-state index contributed by atoms with van der Waals surface area (Å²) < 4.78 is 12.9. The Labute approximate surface area is 190 Å². The van der Waals surface area contributed by atoms with E-state index in [1.807, 2.05) is 46.6 Å². The van der Waals surface area contributed by atoms with Gasteiger partial charge in [0, 0.05) is 24.2 Å². The zero-order chi connectivity index (χ0) is 21.6. The van der Waals surface area contributed by atoms with Gasteiger partial charge in [-0.15, -0.1) is 11.3 Å². The van der Waals surface area contributed by atoms with Gasteiger partial charge in [-0.2, -0.15) is 5.10 Å².